The van der Waals surface area contributed by atoms with Crippen LogP contribution in [-0.4, -0.2) is 39.0 Å². The van der Waals surface area contributed by atoms with Crippen LogP contribution in [0.25, 0.3) is 0 Å². The lowest BCUT2D eigenvalue weighted by Gasteiger charge is -2.24. The van der Waals surface area contributed by atoms with Crippen LogP contribution in [0, 0.1) is 6.92 Å². The van der Waals surface area contributed by atoms with Crippen molar-refractivity contribution in [3.05, 3.63) is 29.3 Å². The fraction of sp³-hybridized carbons (Fsp3) is 0.600. The number of nitrogens with one attached hydrogen (secondary N) is 1. The van der Waals surface area contributed by atoms with Gasteiger partial charge in [-0.1, -0.05) is 6.07 Å². The lowest BCUT2D eigenvalue weighted by Crippen LogP contribution is -2.41. The molecule has 6 heteroatoms. The van der Waals surface area contributed by atoms with Gasteiger partial charge in [0.2, 0.25) is 10.0 Å². The van der Waals surface area contributed by atoms with E-state index in [1.807, 2.05) is 13.8 Å². The van der Waals surface area contributed by atoms with Crippen LogP contribution in [0.2, 0.25) is 0 Å². The fourth-order valence-electron chi connectivity index (χ4n) is 2.36. The van der Waals surface area contributed by atoms with E-state index in [0.29, 0.717) is 24.0 Å². The normalized spacial score (nSPS) is 17.2. The molecule has 0 spiro atoms. The van der Waals surface area contributed by atoms with Crippen molar-refractivity contribution in [1.82, 2.24) is 9.62 Å². The molecular weight excluding hydrogens is 286 g/mol. The summed E-state index contributed by atoms with van der Waals surface area (Å²) in [4.78, 5) is 2.55. The van der Waals surface area contributed by atoms with Gasteiger partial charge in [0.15, 0.2) is 0 Å². The number of nitrogens with zero attached hydrogens (tertiary/aromatic N) is 1. The highest BCUT2D eigenvalue weighted by Gasteiger charge is 2.29. The van der Waals surface area contributed by atoms with Crippen molar-refractivity contribution in [2.24, 2.45) is 5.73 Å². The van der Waals surface area contributed by atoms with Gasteiger partial charge < -0.3 is 5.73 Å². The summed E-state index contributed by atoms with van der Waals surface area (Å²) in [6.45, 7) is 4.77. The second-order valence-electron chi connectivity index (χ2n) is 5.89. The van der Waals surface area contributed by atoms with Crippen LogP contribution in [0.3, 0.4) is 0 Å². The first kappa shape index (κ1) is 16.4. The molecule has 1 unspecified atom stereocenters. The zero-order valence-electron chi connectivity index (χ0n) is 13.0. The van der Waals surface area contributed by atoms with Gasteiger partial charge in [-0.25, -0.2) is 13.1 Å². The molecule has 0 saturated heterocycles. The minimum Gasteiger partial charge on any atom is -0.326 e. The van der Waals surface area contributed by atoms with Gasteiger partial charge in [0.05, 0.1) is 4.90 Å². The van der Waals surface area contributed by atoms with Crippen molar-refractivity contribution in [3.63, 3.8) is 0 Å². The molecule has 0 radical (unpaired) electrons. The molecule has 0 heterocycles. The number of likely N-dealkylation sites (N-methyl/N-ethyl adjacent to an activating group) is 1. The minimum atomic E-state index is -3.46. The van der Waals surface area contributed by atoms with Crippen molar-refractivity contribution in [1.29, 1.82) is 0 Å². The first-order valence-electron chi connectivity index (χ1n) is 7.36. The van der Waals surface area contributed by atoms with E-state index in [2.05, 4.69) is 16.7 Å². The number of benzene rings is 1. The average molecular weight is 311 g/mol. The van der Waals surface area contributed by atoms with Crippen molar-refractivity contribution >= 4 is 10.0 Å². The van der Waals surface area contributed by atoms with Crippen LogP contribution >= 0.6 is 0 Å². The molecule has 1 aromatic carbocycles. The molecule has 118 valence electrons. The van der Waals surface area contributed by atoms with Gasteiger partial charge in [0, 0.05) is 25.2 Å². The molecule has 1 aliphatic carbocycles. The Hall–Kier alpha value is -0.950. The van der Waals surface area contributed by atoms with E-state index in [1.54, 1.807) is 18.2 Å². The number of hydrogen-bond acceptors (Lipinski definition) is 4. The van der Waals surface area contributed by atoms with E-state index < -0.39 is 10.0 Å². The average Bonchev–Trinajstić information content (AvgIpc) is 3.28. The van der Waals surface area contributed by atoms with Gasteiger partial charge in [0.25, 0.3) is 0 Å². The number of nitrogens with two attached hydrogens (primary N) is 1. The summed E-state index contributed by atoms with van der Waals surface area (Å²) in [7, 11) is -1.41. The lowest BCUT2D eigenvalue weighted by atomic mass is 10.1. The van der Waals surface area contributed by atoms with Gasteiger partial charge in [-0.2, -0.15) is 0 Å². The Labute approximate surface area is 127 Å². The fourth-order valence-corrected chi connectivity index (χ4v) is 3.57. The standard InChI is InChI=1S/C15H25N3O2S/c1-11-8-15(7-4-13(11)9-16)21(19,20)17-10-12(2)18(3)14-5-6-14/h4,7-8,12,14,17H,5-6,9-10,16H2,1-3H3. The van der Waals surface area contributed by atoms with Crippen molar-refractivity contribution in [3.8, 4) is 0 Å². The molecule has 5 nitrogen and oxygen atoms in total. The molecule has 1 aliphatic rings. The van der Waals surface area contributed by atoms with Crippen LogP contribution < -0.4 is 10.5 Å². The summed E-state index contributed by atoms with van der Waals surface area (Å²) >= 11 is 0. The van der Waals surface area contributed by atoms with Crippen molar-refractivity contribution in [2.75, 3.05) is 13.6 Å². The number of hydrogen-bond donors (Lipinski definition) is 2. The Morgan fingerprint density at radius 3 is 2.62 bits per heavy atom. The molecule has 0 aliphatic heterocycles. The molecule has 0 aromatic heterocycles. The third-order valence-corrected chi connectivity index (χ3v) is 5.65. The summed E-state index contributed by atoms with van der Waals surface area (Å²) in [6, 6.07) is 5.89. The zero-order valence-corrected chi connectivity index (χ0v) is 13.8. The molecule has 0 amide bonds. The molecule has 1 fully saturated rings. The zero-order chi connectivity index (χ0) is 15.6. The third kappa shape index (κ3) is 4.03. The predicted molar refractivity (Wildman–Crippen MR) is 84.5 cm³/mol. The van der Waals surface area contributed by atoms with E-state index >= 15 is 0 Å². The Kier molecular flexibility index (Phi) is 5.03. The number of aryl methyl sites for hydroxylation is 1. The van der Waals surface area contributed by atoms with E-state index in [9.17, 15) is 8.42 Å². The largest absolute Gasteiger partial charge is 0.326 e. The maximum absolute atomic E-state index is 12.3. The van der Waals surface area contributed by atoms with E-state index in [-0.39, 0.29) is 6.04 Å². The van der Waals surface area contributed by atoms with Gasteiger partial charge in [-0.3, -0.25) is 4.90 Å². The molecule has 1 aromatic rings. The van der Waals surface area contributed by atoms with Crippen LogP contribution in [0.15, 0.2) is 23.1 Å². The summed E-state index contributed by atoms with van der Waals surface area (Å²) in [5.74, 6) is 0. The Morgan fingerprint density at radius 1 is 1.43 bits per heavy atom. The lowest BCUT2D eigenvalue weighted by molar-refractivity contribution is 0.248. The van der Waals surface area contributed by atoms with Crippen LogP contribution in [0.4, 0.5) is 0 Å². The number of sulfonamides is 1. The van der Waals surface area contributed by atoms with Gasteiger partial charge in [-0.05, 0) is 57.0 Å². The van der Waals surface area contributed by atoms with Crippen molar-refractivity contribution < 1.29 is 8.42 Å². The van der Waals surface area contributed by atoms with Crippen LogP contribution in [-0.2, 0) is 16.6 Å². The summed E-state index contributed by atoms with van der Waals surface area (Å²) < 4.78 is 27.4. The maximum atomic E-state index is 12.3. The first-order chi connectivity index (χ1) is 9.85. The highest BCUT2D eigenvalue weighted by atomic mass is 32.2. The van der Waals surface area contributed by atoms with Gasteiger partial charge in [0.1, 0.15) is 0 Å². The maximum Gasteiger partial charge on any atom is 0.240 e. The Bertz CT molecular complexity index is 597. The molecule has 2 rings (SSSR count). The monoisotopic (exact) mass is 311 g/mol. The number of rotatable bonds is 7. The molecular formula is C15H25N3O2S. The van der Waals surface area contributed by atoms with E-state index in [1.165, 1.54) is 12.8 Å². The summed E-state index contributed by atoms with van der Waals surface area (Å²) in [5.41, 5.74) is 7.48. The Balaban J connectivity index is 2.02. The Morgan fingerprint density at radius 2 is 2.10 bits per heavy atom. The third-order valence-electron chi connectivity index (χ3n) is 4.23. The van der Waals surface area contributed by atoms with Crippen LogP contribution in [0.5, 0.6) is 0 Å². The molecule has 3 N–H and O–H groups in total. The molecule has 0 bridgehead atoms. The van der Waals surface area contributed by atoms with E-state index in [0.717, 1.165) is 11.1 Å². The highest BCUT2D eigenvalue weighted by Crippen LogP contribution is 2.26. The first-order valence-corrected chi connectivity index (χ1v) is 8.84. The molecule has 1 saturated carbocycles. The molecule has 1 atom stereocenters. The molecule has 21 heavy (non-hydrogen) atoms. The minimum absolute atomic E-state index is 0.191. The van der Waals surface area contributed by atoms with Gasteiger partial charge in [-0.15, -0.1) is 0 Å². The summed E-state index contributed by atoms with van der Waals surface area (Å²) in [6.07, 6.45) is 2.43. The van der Waals surface area contributed by atoms with Crippen molar-refractivity contribution in [2.45, 2.75) is 50.2 Å². The smallest absolute Gasteiger partial charge is 0.240 e. The van der Waals surface area contributed by atoms with Crippen LogP contribution in [0.1, 0.15) is 30.9 Å². The van der Waals surface area contributed by atoms with E-state index in [4.69, 9.17) is 5.73 Å². The second kappa shape index (κ2) is 6.44. The van der Waals surface area contributed by atoms with Gasteiger partial charge >= 0.3 is 0 Å². The predicted octanol–water partition coefficient (Wildman–Crippen LogP) is 1.21. The quantitative estimate of drug-likeness (QED) is 0.794. The highest BCUT2D eigenvalue weighted by molar-refractivity contribution is 7.89. The SMILES string of the molecule is Cc1cc(S(=O)(=O)NCC(C)N(C)C2CC2)ccc1CN. The second-order valence-corrected chi connectivity index (χ2v) is 7.66. The summed E-state index contributed by atoms with van der Waals surface area (Å²) in [5, 5.41) is 0. The topological polar surface area (TPSA) is 75.4 Å².